The Morgan fingerprint density at radius 1 is 1.16 bits per heavy atom. The Labute approximate surface area is 142 Å². The molecule has 2 heterocycles. The van der Waals surface area contributed by atoms with Crippen molar-refractivity contribution in [2.75, 3.05) is 0 Å². The molecule has 2 aromatic heterocycles. The molecule has 4 aromatic rings. The first kappa shape index (κ1) is 14.9. The van der Waals surface area contributed by atoms with Crippen LogP contribution in [0.15, 0.2) is 53.3 Å². The van der Waals surface area contributed by atoms with Crippen molar-refractivity contribution in [3.05, 3.63) is 70.3 Å². The Bertz CT molecular complexity index is 1200. The zero-order valence-corrected chi connectivity index (χ0v) is 13.4. The summed E-state index contributed by atoms with van der Waals surface area (Å²) >= 11 is 0. The lowest BCUT2D eigenvalue weighted by atomic mass is 10.2. The molecule has 0 radical (unpaired) electrons. The predicted octanol–water partition coefficient (Wildman–Crippen LogP) is 2.03. The van der Waals surface area contributed by atoms with Crippen molar-refractivity contribution < 1.29 is 4.74 Å². The number of hydrogen-bond acceptors (Lipinski definition) is 5. The number of rotatable bonds is 3. The maximum Gasteiger partial charge on any atom is 0.262 e. The Kier molecular flexibility index (Phi) is 3.43. The Hall–Kier alpha value is -3.66. The maximum atomic E-state index is 12.4. The van der Waals surface area contributed by atoms with E-state index < -0.39 is 0 Å². The molecule has 2 aromatic carbocycles. The van der Waals surface area contributed by atoms with Gasteiger partial charge in [0.2, 0.25) is 5.78 Å². The summed E-state index contributed by atoms with van der Waals surface area (Å²) in [6.45, 7) is 0.165. The molecule has 0 N–H and O–H groups in total. The summed E-state index contributed by atoms with van der Waals surface area (Å²) in [6, 6.07) is 16.3. The number of benzene rings is 2. The normalized spacial score (nSPS) is 10.9. The van der Waals surface area contributed by atoms with Crippen LogP contribution in [0.25, 0.3) is 16.7 Å². The highest BCUT2D eigenvalue weighted by Crippen LogP contribution is 2.17. The molecule has 0 amide bonds. The van der Waals surface area contributed by atoms with E-state index in [1.165, 1.54) is 4.57 Å². The number of nitriles is 1. The van der Waals surface area contributed by atoms with E-state index in [4.69, 9.17) is 10.00 Å². The Morgan fingerprint density at radius 3 is 2.84 bits per heavy atom. The second-order valence-corrected chi connectivity index (χ2v) is 5.56. The highest BCUT2D eigenvalue weighted by molar-refractivity contribution is 5.80. The molecule has 0 bridgehead atoms. The molecule has 0 saturated heterocycles. The zero-order valence-electron chi connectivity index (χ0n) is 13.4. The first-order valence-electron chi connectivity index (χ1n) is 7.64. The fourth-order valence-corrected chi connectivity index (χ4v) is 2.79. The zero-order chi connectivity index (χ0) is 17.4. The van der Waals surface area contributed by atoms with Crippen LogP contribution < -0.4 is 10.3 Å². The van der Waals surface area contributed by atoms with Crippen LogP contribution in [0.5, 0.6) is 5.75 Å². The summed E-state index contributed by atoms with van der Waals surface area (Å²) in [6.07, 6.45) is 0. The van der Waals surface area contributed by atoms with E-state index in [9.17, 15) is 4.79 Å². The van der Waals surface area contributed by atoms with Gasteiger partial charge in [-0.3, -0.25) is 13.8 Å². The van der Waals surface area contributed by atoms with Gasteiger partial charge < -0.3 is 4.74 Å². The van der Waals surface area contributed by atoms with Gasteiger partial charge in [-0.05, 0) is 30.3 Å². The summed E-state index contributed by atoms with van der Waals surface area (Å²) in [7, 11) is 1.67. The van der Waals surface area contributed by atoms with E-state index in [-0.39, 0.29) is 12.2 Å². The smallest absolute Gasteiger partial charge is 0.262 e. The third-order valence-electron chi connectivity index (χ3n) is 4.02. The number of para-hydroxylation sites is 1. The van der Waals surface area contributed by atoms with E-state index in [2.05, 4.69) is 16.3 Å². The average Bonchev–Trinajstić information content (AvgIpc) is 3.09. The third-order valence-corrected chi connectivity index (χ3v) is 4.02. The summed E-state index contributed by atoms with van der Waals surface area (Å²) < 4.78 is 9.04. The molecular weight excluding hydrogens is 318 g/mol. The van der Waals surface area contributed by atoms with Crippen LogP contribution in [-0.4, -0.2) is 19.2 Å². The lowest BCUT2D eigenvalue weighted by Gasteiger charge is -2.09. The van der Waals surface area contributed by atoms with Crippen molar-refractivity contribution in [2.24, 2.45) is 7.05 Å². The second kappa shape index (κ2) is 5.76. The van der Waals surface area contributed by atoms with Crippen molar-refractivity contribution in [1.29, 1.82) is 5.26 Å². The standard InChI is InChI=1S/C18H13N5O2/c1-22-17(24)14-7-2-3-8-15(14)23-16(20-21-18(22)23)11-25-13-6-4-5-12(9-13)10-19/h2-9H,11H2,1H3. The molecule has 7 heteroatoms. The predicted molar refractivity (Wildman–Crippen MR) is 91.2 cm³/mol. The molecule has 0 atom stereocenters. The molecule has 0 aliphatic carbocycles. The summed E-state index contributed by atoms with van der Waals surface area (Å²) in [4.78, 5) is 12.4. The fourth-order valence-electron chi connectivity index (χ4n) is 2.79. The van der Waals surface area contributed by atoms with Gasteiger partial charge in [0.05, 0.1) is 22.5 Å². The van der Waals surface area contributed by atoms with Crippen molar-refractivity contribution >= 4 is 16.7 Å². The number of ether oxygens (including phenoxy) is 1. The molecule has 0 aliphatic rings. The average molecular weight is 331 g/mol. The van der Waals surface area contributed by atoms with Crippen molar-refractivity contribution in [3.63, 3.8) is 0 Å². The molecule has 4 rings (SSSR count). The van der Waals surface area contributed by atoms with Crippen LogP contribution in [0.4, 0.5) is 0 Å². The molecule has 25 heavy (non-hydrogen) atoms. The summed E-state index contributed by atoms with van der Waals surface area (Å²) in [5.41, 5.74) is 1.14. The third kappa shape index (κ3) is 2.40. The van der Waals surface area contributed by atoms with Crippen molar-refractivity contribution in [2.45, 2.75) is 6.61 Å². The summed E-state index contributed by atoms with van der Waals surface area (Å²) in [5.74, 6) is 1.60. The minimum atomic E-state index is -0.121. The van der Waals surface area contributed by atoms with Crippen LogP contribution in [-0.2, 0) is 13.7 Å². The number of nitrogens with zero attached hydrogens (tertiary/aromatic N) is 5. The van der Waals surface area contributed by atoms with Crippen LogP contribution in [0.3, 0.4) is 0 Å². The SMILES string of the molecule is Cn1c(=O)c2ccccc2n2c(COc3cccc(C#N)c3)nnc12. The minimum absolute atomic E-state index is 0.121. The van der Waals surface area contributed by atoms with E-state index in [1.807, 2.05) is 22.6 Å². The van der Waals surface area contributed by atoms with E-state index in [1.54, 1.807) is 37.4 Å². The lowest BCUT2D eigenvalue weighted by Crippen LogP contribution is -2.20. The van der Waals surface area contributed by atoms with Crippen molar-refractivity contribution in [1.82, 2.24) is 19.2 Å². The van der Waals surface area contributed by atoms with Gasteiger partial charge in [0.25, 0.3) is 5.56 Å². The Balaban J connectivity index is 1.81. The topological polar surface area (TPSA) is 85.2 Å². The first-order chi connectivity index (χ1) is 12.2. The molecular formula is C18H13N5O2. The minimum Gasteiger partial charge on any atom is -0.486 e. The van der Waals surface area contributed by atoms with E-state index in [0.29, 0.717) is 28.3 Å². The molecule has 7 nitrogen and oxygen atoms in total. The van der Waals surface area contributed by atoms with Gasteiger partial charge in [-0.1, -0.05) is 18.2 Å². The second-order valence-electron chi connectivity index (χ2n) is 5.56. The molecule has 0 saturated carbocycles. The van der Waals surface area contributed by atoms with Crippen LogP contribution in [0.2, 0.25) is 0 Å². The van der Waals surface area contributed by atoms with Gasteiger partial charge in [0.1, 0.15) is 12.4 Å². The highest BCUT2D eigenvalue weighted by atomic mass is 16.5. The number of hydrogen-bond donors (Lipinski definition) is 0. The van der Waals surface area contributed by atoms with E-state index >= 15 is 0 Å². The number of aromatic nitrogens is 4. The fraction of sp³-hybridized carbons (Fsp3) is 0.111. The number of fused-ring (bicyclic) bond motifs is 3. The van der Waals surface area contributed by atoms with Crippen LogP contribution in [0, 0.1) is 11.3 Å². The number of aryl methyl sites for hydroxylation is 1. The lowest BCUT2D eigenvalue weighted by molar-refractivity contribution is 0.295. The van der Waals surface area contributed by atoms with Gasteiger partial charge in [0.15, 0.2) is 5.82 Å². The molecule has 0 aliphatic heterocycles. The largest absolute Gasteiger partial charge is 0.486 e. The highest BCUT2D eigenvalue weighted by Gasteiger charge is 2.14. The van der Waals surface area contributed by atoms with Crippen LogP contribution >= 0.6 is 0 Å². The van der Waals surface area contributed by atoms with E-state index in [0.717, 1.165) is 5.52 Å². The monoisotopic (exact) mass is 331 g/mol. The quantitative estimate of drug-likeness (QED) is 0.573. The molecule has 0 unspecified atom stereocenters. The molecule has 0 fully saturated rings. The van der Waals surface area contributed by atoms with Gasteiger partial charge >= 0.3 is 0 Å². The van der Waals surface area contributed by atoms with Crippen molar-refractivity contribution in [3.8, 4) is 11.8 Å². The van der Waals surface area contributed by atoms with Gasteiger partial charge in [0, 0.05) is 7.05 Å². The van der Waals surface area contributed by atoms with Crippen LogP contribution in [0.1, 0.15) is 11.4 Å². The van der Waals surface area contributed by atoms with Gasteiger partial charge in [-0.15, -0.1) is 10.2 Å². The van der Waals surface area contributed by atoms with Gasteiger partial charge in [-0.2, -0.15) is 5.26 Å². The van der Waals surface area contributed by atoms with Gasteiger partial charge in [-0.25, -0.2) is 0 Å². The molecule has 122 valence electrons. The molecule has 0 spiro atoms. The summed E-state index contributed by atoms with van der Waals surface area (Å²) in [5, 5.41) is 17.8. The maximum absolute atomic E-state index is 12.4. The Morgan fingerprint density at radius 2 is 2.00 bits per heavy atom. The first-order valence-corrected chi connectivity index (χ1v) is 7.64.